The molecule has 2 N–H and O–H groups in total. The van der Waals surface area contributed by atoms with Crippen LogP contribution in [0.4, 0.5) is 0 Å². The number of amides is 1. The Kier molecular flexibility index (Phi) is 7.09. The van der Waals surface area contributed by atoms with E-state index in [0.29, 0.717) is 12.0 Å². The van der Waals surface area contributed by atoms with Crippen molar-refractivity contribution in [3.8, 4) is 0 Å². The van der Waals surface area contributed by atoms with Crippen molar-refractivity contribution in [2.75, 3.05) is 6.61 Å². The zero-order valence-corrected chi connectivity index (χ0v) is 13.1. The third kappa shape index (κ3) is 6.08. The van der Waals surface area contributed by atoms with Gasteiger partial charge >= 0.3 is 0 Å². The lowest BCUT2D eigenvalue weighted by Crippen LogP contribution is -2.32. The van der Waals surface area contributed by atoms with Gasteiger partial charge in [0.15, 0.2) is 5.78 Å². The van der Waals surface area contributed by atoms with Gasteiger partial charge < -0.3 is 10.4 Å². The first-order valence-electron chi connectivity index (χ1n) is 7.44. The first-order valence-corrected chi connectivity index (χ1v) is 7.44. The number of ketones is 1. The van der Waals surface area contributed by atoms with Crippen molar-refractivity contribution in [3.05, 3.63) is 34.9 Å². The minimum absolute atomic E-state index is 0.00346. The Bertz CT molecular complexity index is 497. The summed E-state index contributed by atoms with van der Waals surface area (Å²) in [6, 6.07) is 5.65. The molecule has 0 fully saturated rings. The number of carbonyl (C=O) groups is 2. The predicted octanol–water partition coefficient (Wildman–Crippen LogP) is 2.54. The van der Waals surface area contributed by atoms with Gasteiger partial charge in [0.25, 0.3) is 0 Å². The summed E-state index contributed by atoms with van der Waals surface area (Å²) in [6.07, 6.45) is 1.84. The Morgan fingerprint density at radius 1 is 1.19 bits per heavy atom. The molecule has 1 aromatic rings. The molecule has 4 heteroatoms. The molecular weight excluding hydrogens is 266 g/mol. The van der Waals surface area contributed by atoms with E-state index in [4.69, 9.17) is 5.11 Å². The highest BCUT2D eigenvalue weighted by atomic mass is 16.3. The van der Waals surface area contributed by atoms with E-state index in [0.717, 1.165) is 17.5 Å². The predicted molar refractivity (Wildman–Crippen MR) is 83.4 cm³/mol. The lowest BCUT2D eigenvalue weighted by Gasteiger charge is -2.13. The molecule has 0 aliphatic carbocycles. The largest absolute Gasteiger partial charge is 0.396 e. The van der Waals surface area contributed by atoms with Crippen molar-refractivity contribution in [1.82, 2.24) is 5.32 Å². The molecule has 1 aromatic carbocycles. The molecule has 0 radical (unpaired) electrons. The summed E-state index contributed by atoms with van der Waals surface area (Å²) in [5.41, 5.74) is 2.91. The van der Waals surface area contributed by atoms with Gasteiger partial charge in [-0.3, -0.25) is 9.59 Å². The minimum atomic E-state index is -0.113. The molecule has 0 heterocycles. The molecule has 21 heavy (non-hydrogen) atoms. The van der Waals surface area contributed by atoms with Crippen LogP contribution >= 0.6 is 0 Å². The summed E-state index contributed by atoms with van der Waals surface area (Å²) < 4.78 is 0. The number of aryl methyl sites for hydroxylation is 2. The smallest absolute Gasteiger partial charge is 0.220 e. The standard InChI is InChI=1S/C17H25NO3/c1-12-6-7-15(11-13(12)2)16(20)8-9-17(21)18-14(3)5-4-10-19/h6-7,11,14,19H,4-5,8-10H2,1-3H3,(H,18,21). The highest BCUT2D eigenvalue weighted by molar-refractivity contribution is 5.98. The molecule has 116 valence electrons. The van der Waals surface area contributed by atoms with Gasteiger partial charge in [-0.15, -0.1) is 0 Å². The van der Waals surface area contributed by atoms with E-state index < -0.39 is 0 Å². The minimum Gasteiger partial charge on any atom is -0.396 e. The normalized spacial score (nSPS) is 12.0. The topological polar surface area (TPSA) is 66.4 Å². The molecular formula is C17H25NO3. The molecule has 0 aliphatic rings. The Morgan fingerprint density at radius 3 is 2.52 bits per heavy atom. The number of aliphatic hydroxyl groups is 1. The van der Waals surface area contributed by atoms with E-state index in [9.17, 15) is 9.59 Å². The van der Waals surface area contributed by atoms with E-state index in [-0.39, 0.29) is 37.2 Å². The quantitative estimate of drug-likeness (QED) is 0.723. The number of nitrogens with one attached hydrogen (secondary N) is 1. The second-order valence-corrected chi connectivity index (χ2v) is 5.56. The summed E-state index contributed by atoms with van der Waals surface area (Å²) >= 11 is 0. The fraction of sp³-hybridized carbons (Fsp3) is 0.529. The summed E-state index contributed by atoms with van der Waals surface area (Å²) in [6.45, 7) is 6.01. The summed E-state index contributed by atoms with van der Waals surface area (Å²) in [4.78, 5) is 23.8. The van der Waals surface area contributed by atoms with Gasteiger partial charge in [0.1, 0.15) is 0 Å². The second-order valence-electron chi connectivity index (χ2n) is 5.56. The fourth-order valence-electron chi connectivity index (χ4n) is 2.10. The molecule has 0 saturated carbocycles. The van der Waals surface area contributed by atoms with Gasteiger partial charge in [-0.2, -0.15) is 0 Å². The maximum Gasteiger partial charge on any atom is 0.220 e. The number of benzene rings is 1. The molecule has 1 rings (SSSR count). The molecule has 0 aromatic heterocycles. The second kappa shape index (κ2) is 8.57. The van der Waals surface area contributed by atoms with Crippen LogP contribution in [-0.4, -0.2) is 29.4 Å². The molecule has 0 aliphatic heterocycles. The Morgan fingerprint density at radius 2 is 1.90 bits per heavy atom. The maximum absolute atomic E-state index is 12.1. The van der Waals surface area contributed by atoms with Crippen molar-refractivity contribution >= 4 is 11.7 Å². The number of aliphatic hydroxyl groups excluding tert-OH is 1. The van der Waals surface area contributed by atoms with Crippen molar-refractivity contribution < 1.29 is 14.7 Å². The Balaban J connectivity index is 2.41. The molecule has 0 spiro atoms. The van der Waals surface area contributed by atoms with Crippen LogP contribution in [0, 0.1) is 13.8 Å². The Hall–Kier alpha value is -1.68. The molecule has 4 nitrogen and oxygen atoms in total. The number of Topliss-reactive ketones (excluding diaryl/α,β-unsaturated/α-hetero) is 1. The van der Waals surface area contributed by atoms with Gasteiger partial charge in [-0.05, 0) is 50.8 Å². The van der Waals surface area contributed by atoms with Gasteiger partial charge in [-0.25, -0.2) is 0 Å². The number of hydrogen-bond donors (Lipinski definition) is 2. The van der Waals surface area contributed by atoms with Crippen molar-refractivity contribution in [3.63, 3.8) is 0 Å². The van der Waals surface area contributed by atoms with Crippen molar-refractivity contribution in [1.29, 1.82) is 0 Å². The summed E-state index contributed by atoms with van der Waals surface area (Å²) in [5.74, 6) is -0.117. The highest BCUT2D eigenvalue weighted by Crippen LogP contribution is 2.12. The van der Waals surface area contributed by atoms with Crippen LogP contribution in [0.5, 0.6) is 0 Å². The van der Waals surface area contributed by atoms with Crippen LogP contribution in [0.25, 0.3) is 0 Å². The van der Waals surface area contributed by atoms with E-state index in [1.54, 1.807) is 0 Å². The molecule has 0 saturated heterocycles. The fourth-order valence-corrected chi connectivity index (χ4v) is 2.10. The average molecular weight is 291 g/mol. The highest BCUT2D eigenvalue weighted by Gasteiger charge is 2.11. The zero-order valence-electron chi connectivity index (χ0n) is 13.1. The molecule has 0 bridgehead atoms. The first kappa shape index (κ1) is 17.4. The van der Waals surface area contributed by atoms with Crippen LogP contribution in [-0.2, 0) is 4.79 Å². The number of rotatable bonds is 8. The zero-order chi connectivity index (χ0) is 15.8. The number of carbonyl (C=O) groups excluding carboxylic acids is 2. The van der Waals surface area contributed by atoms with Crippen molar-refractivity contribution in [2.45, 2.75) is 52.5 Å². The molecule has 1 amide bonds. The third-order valence-corrected chi connectivity index (χ3v) is 3.61. The van der Waals surface area contributed by atoms with E-state index >= 15 is 0 Å². The van der Waals surface area contributed by atoms with Gasteiger partial charge in [0, 0.05) is 31.1 Å². The van der Waals surface area contributed by atoms with Crippen LogP contribution in [0.3, 0.4) is 0 Å². The number of hydrogen-bond acceptors (Lipinski definition) is 3. The van der Waals surface area contributed by atoms with Crippen LogP contribution in [0.1, 0.15) is 54.1 Å². The van der Waals surface area contributed by atoms with E-state index in [2.05, 4.69) is 5.32 Å². The van der Waals surface area contributed by atoms with Gasteiger partial charge in [0.2, 0.25) is 5.91 Å². The summed E-state index contributed by atoms with van der Waals surface area (Å²) in [5, 5.41) is 11.6. The Labute approximate surface area is 126 Å². The van der Waals surface area contributed by atoms with Crippen LogP contribution in [0.15, 0.2) is 18.2 Å². The monoisotopic (exact) mass is 291 g/mol. The first-order chi connectivity index (χ1) is 9.93. The van der Waals surface area contributed by atoms with Crippen LogP contribution < -0.4 is 5.32 Å². The van der Waals surface area contributed by atoms with Crippen LogP contribution in [0.2, 0.25) is 0 Å². The van der Waals surface area contributed by atoms with E-state index in [1.807, 2.05) is 39.0 Å². The summed E-state index contributed by atoms with van der Waals surface area (Å²) in [7, 11) is 0. The SMILES string of the molecule is Cc1ccc(C(=O)CCC(=O)NC(C)CCCO)cc1C. The lowest BCUT2D eigenvalue weighted by atomic mass is 10.0. The molecule has 1 atom stereocenters. The van der Waals surface area contributed by atoms with Crippen molar-refractivity contribution in [2.24, 2.45) is 0 Å². The van der Waals surface area contributed by atoms with Gasteiger partial charge in [0.05, 0.1) is 0 Å². The maximum atomic E-state index is 12.1. The third-order valence-electron chi connectivity index (χ3n) is 3.61. The van der Waals surface area contributed by atoms with E-state index in [1.165, 1.54) is 0 Å². The van der Waals surface area contributed by atoms with Gasteiger partial charge in [-0.1, -0.05) is 12.1 Å². The lowest BCUT2D eigenvalue weighted by molar-refractivity contribution is -0.121. The molecule has 1 unspecified atom stereocenters. The average Bonchev–Trinajstić information content (AvgIpc) is 2.45.